The van der Waals surface area contributed by atoms with E-state index in [1.54, 1.807) is 24.3 Å². The van der Waals surface area contributed by atoms with Crippen molar-refractivity contribution in [2.24, 2.45) is 11.8 Å². The molecule has 6 nitrogen and oxygen atoms in total. The molecule has 6 heteroatoms. The molecule has 1 saturated carbocycles. The summed E-state index contributed by atoms with van der Waals surface area (Å²) in [5, 5.41) is 5.69. The Morgan fingerprint density at radius 1 is 1.08 bits per heavy atom. The predicted octanol–water partition coefficient (Wildman–Crippen LogP) is 1.53. The normalized spacial score (nSPS) is 19.0. The number of carbonyl (C=O) groups is 3. The van der Waals surface area contributed by atoms with Crippen LogP contribution in [0.15, 0.2) is 24.3 Å². The zero-order chi connectivity index (χ0) is 17.7. The van der Waals surface area contributed by atoms with E-state index >= 15 is 0 Å². The third-order valence-electron chi connectivity index (χ3n) is 4.10. The van der Waals surface area contributed by atoms with E-state index in [-0.39, 0.29) is 29.4 Å². The van der Waals surface area contributed by atoms with Gasteiger partial charge in [-0.1, -0.05) is 0 Å². The predicted molar refractivity (Wildman–Crippen MR) is 92.9 cm³/mol. The molecule has 0 spiro atoms. The first-order valence-electron chi connectivity index (χ1n) is 8.23. The van der Waals surface area contributed by atoms with Gasteiger partial charge in [0.2, 0.25) is 11.8 Å². The number of nitrogens with zero attached hydrogens (tertiary/aromatic N) is 1. The molecular formula is C18H25N3O3. The van der Waals surface area contributed by atoms with E-state index in [4.69, 9.17) is 0 Å². The van der Waals surface area contributed by atoms with Crippen LogP contribution in [0, 0.1) is 11.8 Å². The van der Waals surface area contributed by atoms with Crippen LogP contribution in [-0.2, 0) is 9.59 Å². The summed E-state index contributed by atoms with van der Waals surface area (Å²) in [6, 6.07) is 6.76. The van der Waals surface area contributed by atoms with Crippen molar-refractivity contribution >= 4 is 23.3 Å². The average molecular weight is 331 g/mol. The fourth-order valence-corrected chi connectivity index (χ4v) is 2.54. The maximum atomic E-state index is 12.2. The largest absolute Gasteiger partial charge is 0.356 e. The SMILES string of the molecule is CC(=O)c1ccc(NC(=O)C2CC2C(=O)NCCCN(C)C)cc1. The van der Waals surface area contributed by atoms with Crippen molar-refractivity contribution in [1.29, 1.82) is 0 Å². The van der Waals surface area contributed by atoms with E-state index in [2.05, 4.69) is 15.5 Å². The molecule has 0 aromatic heterocycles. The zero-order valence-electron chi connectivity index (χ0n) is 14.5. The van der Waals surface area contributed by atoms with Crippen LogP contribution in [0.4, 0.5) is 5.69 Å². The van der Waals surface area contributed by atoms with Gasteiger partial charge in [0, 0.05) is 17.8 Å². The number of amides is 2. The third kappa shape index (κ3) is 5.16. The Kier molecular flexibility index (Phi) is 6.09. The molecule has 1 aliphatic rings. The van der Waals surface area contributed by atoms with Crippen molar-refractivity contribution in [2.45, 2.75) is 19.8 Å². The van der Waals surface area contributed by atoms with Gasteiger partial charge < -0.3 is 15.5 Å². The Hall–Kier alpha value is -2.21. The van der Waals surface area contributed by atoms with Crippen LogP contribution in [0.25, 0.3) is 0 Å². The Labute approximate surface area is 142 Å². The molecule has 2 unspecified atom stereocenters. The Morgan fingerprint density at radius 2 is 1.71 bits per heavy atom. The maximum Gasteiger partial charge on any atom is 0.228 e. The molecule has 1 aromatic rings. The first-order valence-corrected chi connectivity index (χ1v) is 8.23. The standard InChI is InChI=1S/C18H25N3O3/c1-12(22)13-5-7-14(8-6-13)20-18(24)16-11-15(16)17(23)19-9-4-10-21(2)3/h5-8,15-16H,4,9-11H2,1-3H3,(H,19,23)(H,20,24). The second kappa shape index (κ2) is 8.06. The minimum atomic E-state index is -0.258. The number of Topliss-reactive ketones (excluding diaryl/α,β-unsaturated/α-hetero) is 1. The molecule has 0 bridgehead atoms. The Morgan fingerprint density at radius 3 is 2.29 bits per heavy atom. The third-order valence-corrected chi connectivity index (χ3v) is 4.10. The molecule has 0 saturated heterocycles. The minimum Gasteiger partial charge on any atom is -0.356 e. The number of benzene rings is 1. The number of anilines is 1. The summed E-state index contributed by atoms with van der Waals surface area (Å²) in [6.07, 6.45) is 1.49. The summed E-state index contributed by atoms with van der Waals surface area (Å²) in [7, 11) is 3.98. The first kappa shape index (κ1) is 18.1. The van der Waals surface area contributed by atoms with Gasteiger partial charge in [-0.2, -0.15) is 0 Å². The summed E-state index contributed by atoms with van der Waals surface area (Å²) in [4.78, 5) is 37.4. The van der Waals surface area contributed by atoms with Crippen LogP contribution in [0.1, 0.15) is 30.1 Å². The molecule has 2 atom stereocenters. The maximum absolute atomic E-state index is 12.2. The Bertz CT molecular complexity index is 610. The summed E-state index contributed by atoms with van der Waals surface area (Å²) in [5.41, 5.74) is 1.25. The van der Waals surface area contributed by atoms with Gasteiger partial charge in [-0.05, 0) is 64.7 Å². The summed E-state index contributed by atoms with van der Waals surface area (Å²) in [6.45, 7) is 3.05. The van der Waals surface area contributed by atoms with E-state index in [9.17, 15) is 14.4 Å². The molecular weight excluding hydrogens is 306 g/mol. The van der Waals surface area contributed by atoms with Gasteiger partial charge in [0.25, 0.3) is 0 Å². The van der Waals surface area contributed by atoms with Gasteiger partial charge in [0.1, 0.15) is 0 Å². The fraction of sp³-hybridized carbons (Fsp3) is 0.500. The quantitative estimate of drug-likeness (QED) is 0.559. The summed E-state index contributed by atoms with van der Waals surface area (Å²) < 4.78 is 0. The molecule has 2 rings (SSSR count). The van der Waals surface area contributed by atoms with Gasteiger partial charge >= 0.3 is 0 Å². The van der Waals surface area contributed by atoms with Gasteiger partial charge in [0.05, 0.1) is 11.8 Å². The van der Waals surface area contributed by atoms with E-state index in [1.807, 2.05) is 14.1 Å². The van der Waals surface area contributed by atoms with Crippen molar-refractivity contribution in [3.63, 3.8) is 0 Å². The molecule has 1 aromatic carbocycles. The van der Waals surface area contributed by atoms with Gasteiger partial charge in [-0.25, -0.2) is 0 Å². The Balaban J connectivity index is 1.74. The first-order chi connectivity index (χ1) is 11.4. The highest BCUT2D eigenvalue weighted by Crippen LogP contribution is 2.39. The van der Waals surface area contributed by atoms with Crippen LogP contribution in [-0.4, -0.2) is 49.7 Å². The molecule has 1 fully saturated rings. The second-order valence-electron chi connectivity index (χ2n) is 6.52. The minimum absolute atomic E-state index is 0.0129. The van der Waals surface area contributed by atoms with Crippen molar-refractivity contribution in [3.8, 4) is 0 Å². The topological polar surface area (TPSA) is 78.5 Å². The van der Waals surface area contributed by atoms with Crippen molar-refractivity contribution in [3.05, 3.63) is 29.8 Å². The van der Waals surface area contributed by atoms with Crippen LogP contribution in [0.3, 0.4) is 0 Å². The summed E-state index contributed by atoms with van der Waals surface area (Å²) in [5.74, 6) is -0.673. The lowest BCUT2D eigenvalue weighted by atomic mass is 10.1. The molecule has 130 valence electrons. The smallest absolute Gasteiger partial charge is 0.228 e. The van der Waals surface area contributed by atoms with E-state index in [0.717, 1.165) is 13.0 Å². The highest BCUT2D eigenvalue weighted by molar-refractivity contribution is 6.00. The number of hydrogen-bond donors (Lipinski definition) is 2. The number of nitrogens with one attached hydrogen (secondary N) is 2. The monoisotopic (exact) mass is 331 g/mol. The number of rotatable bonds is 8. The van der Waals surface area contributed by atoms with E-state index in [1.165, 1.54) is 6.92 Å². The van der Waals surface area contributed by atoms with Gasteiger partial charge in [-0.3, -0.25) is 14.4 Å². The van der Waals surface area contributed by atoms with Crippen LogP contribution < -0.4 is 10.6 Å². The van der Waals surface area contributed by atoms with E-state index in [0.29, 0.717) is 24.2 Å². The number of ketones is 1. The molecule has 24 heavy (non-hydrogen) atoms. The summed E-state index contributed by atoms with van der Waals surface area (Å²) >= 11 is 0. The van der Waals surface area contributed by atoms with Crippen LogP contribution in [0.2, 0.25) is 0 Å². The average Bonchev–Trinajstić information content (AvgIpc) is 3.32. The fourth-order valence-electron chi connectivity index (χ4n) is 2.54. The molecule has 2 amide bonds. The zero-order valence-corrected chi connectivity index (χ0v) is 14.5. The lowest BCUT2D eigenvalue weighted by Crippen LogP contribution is -2.30. The number of hydrogen-bond acceptors (Lipinski definition) is 4. The van der Waals surface area contributed by atoms with Crippen molar-refractivity contribution in [2.75, 3.05) is 32.5 Å². The molecule has 1 aliphatic carbocycles. The lowest BCUT2D eigenvalue weighted by molar-refractivity contribution is -0.125. The van der Waals surface area contributed by atoms with Crippen molar-refractivity contribution < 1.29 is 14.4 Å². The molecule has 0 heterocycles. The molecule has 2 N–H and O–H groups in total. The highest BCUT2D eigenvalue weighted by Gasteiger charge is 2.47. The lowest BCUT2D eigenvalue weighted by Gasteiger charge is -2.10. The van der Waals surface area contributed by atoms with E-state index < -0.39 is 0 Å². The number of carbonyl (C=O) groups excluding carboxylic acids is 3. The highest BCUT2D eigenvalue weighted by atomic mass is 16.2. The van der Waals surface area contributed by atoms with Crippen molar-refractivity contribution in [1.82, 2.24) is 10.2 Å². The van der Waals surface area contributed by atoms with Gasteiger partial charge in [-0.15, -0.1) is 0 Å². The van der Waals surface area contributed by atoms with Crippen LogP contribution >= 0.6 is 0 Å². The second-order valence-corrected chi connectivity index (χ2v) is 6.52. The van der Waals surface area contributed by atoms with Gasteiger partial charge in [0.15, 0.2) is 5.78 Å². The molecule has 0 radical (unpaired) electrons. The van der Waals surface area contributed by atoms with Crippen LogP contribution in [0.5, 0.6) is 0 Å². The molecule has 0 aliphatic heterocycles.